The SMILES string of the molecule is Cc1ccc(N(c2ccccc2)c2cc3oc4cc5c(cc4c3c3ccccc23)Oc2cccc3c2B5c2ccccc2N3c2ccccc2)cc1. The third kappa shape index (κ3) is 4.23. The average molecular weight is 667 g/mol. The van der Waals surface area contributed by atoms with Crippen molar-refractivity contribution in [2.75, 3.05) is 9.80 Å². The number of hydrogen-bond donors (Lipinski definition) is 0. The van der Waals surface area contributed by atoms with Crippen LogP contribution in [0, 0.1) is 6.92 Å². The first-order chi connectivity index (χ1) is 25.7. The van der Waals surface area contributed by atoms with E-state index in [-0.39, 0.29) is 6.71 Å². The first-order valence-electron chi connectivity index (χ1n) is 17.8. The van der Waals surface area contributed by atoms with Gasteiger partial charge in [0.25, 0.3) is 6.71 Å². The van der Waals surface area contributed by atoms with E-state index in [0.29, 0.717) is 0 Å². The zero-order valence-corrected chi connectivity index (χ0v) is 28.5. The van der Waals surface area contributed by atoms with Gasteiger partial charge in [-0.2, -0.15) is 0 Å². The van der Waals surface area contributed by atoms with Crippen LogP contribution < -0.4 is 30.9 Å². The summed E-state index contributed by atoms with van der Waals surface area (Å²) < 4.78 is 13.8. The lowest BCUT2D eigenvalue weighted by Crippen LogP contribution is -2.59. The monoisotopic (exact) mass is 666 g/mol. The summed E-state index contributed by atoms with van der Waals surface area (Å²) in [6, 6.07) is 60.4. The van der Waals surface area contributed by atoms with Gasteiger partial charge in [0.05, 0.1) is 5.69 Å². The van der Waals surface area contributed by atoms with E-state index in [2.05, 4.69) is 187 Å². The Kier molecular flexibility index (Phi) is 6.23. The summed E-state index contributed by atoms with van der Waals surface area (Å²) in [6.45, 7) is 2.12. The Morgan fingerprint density at radius 2 is 1.21 bits per heavy atom. The number of rotatable bonds is 4. The van der Waals surface area contributed by atoms with E-state index in [9.17, 15) is 0 Å². The lowest BCUT2D eigenvalue weighted by molar-refractivity contribution is 0.488. The molecule has 0 saturated heterocycles. The average Bonchev–Trinajstić information content (AvgIpc) is 3.56. The number of benzene rings is 8. The highest BCUT2D eigenvalue weighted by molar-refractivity contribution is 6.99. The first-order valence-corrected chi connectivity index (χ1v) is 17.8. The van der Waals surface area contributed by atoms with Crippen molar-refractivity contribution in [3.05, 3.63) is 175 Å². The van der Waals surface area contributed by atoms with Gasteiger partial charge in [-0.25, -0.2) is 0 Å². The largest absolute Gasteiger partial charge is 0.458 e. The molecule has 3 heterocycles. The van der Waals surface area contributed by atoms with Crippen LogP contribution in [0.2, 0.25) is 0 Å². The molecule has 244 valence electrons. The molecule has 0 unspecified atom stereocenters. The van der Waals surface area contributed by atoms with E-state index in [0.717, 1.165) is 78.1 Å². The molecule has 0 aliphatic carbocycles. The lowest BCUT2D eigenvalue weighted by atomic mass is 9.34. The maximum atomic E-state index is 6.92. The van der Waals surface area contributed by atoms with Crippen LogP contribution in [-0.2, 0) is 0 Å². The highest BCUT2D eigenvalue weighted by Crippen LogP contribution is 2.46. The summed E-state index contributed by atoms with van der Waals surface area (Å²) in [5.74, 6) is 1.76. The molecular formula is C47H31BN2O2. The van der Waals surface area contributed by atoms with Crippen LogP contribution in [0.15, 0.2) is 174 Å². The molecule has 1 aromatic heterocycles. The number of nitrogens with zero attached hydrogens (tertiary/aromatic N) is 2. The normalized spacial score (nSPS) is 12.8. The predicted octanol–water partition coefficient (Wildman–Crippen LogP) is 10.9. The Morgan fingerprint density at radius 3 is 2.04 bits per heavy atom. The standard InChI is InChI=1S/C47H31BN2O2/c1-30-23-25-33(26-24-30)49(31-13-4-2-5-14-31)41-29-45-46(35-18-9-8-17-34(35)41)36-27-44-38(28-43(36)52-45)48-37-19-10-11-20-39(37)50(32-15-6-3-7-16-32)40-21-12-22-42(51-44)47(40)48/h2-29H,1H3. The van der Waals surface area contributed by atoms with Crippen molar-refractivity contribution < 1.29 is 9.15 Å². The van der Waals surface area contributed by atoms with Crippen molar-refractivity contribution in [2.45, 2.75) is 6.92 Å². The molecule has 52 heavy (non-hydrogen) atoms. The van der Waals surface area contributed by atoms with Gasteiger partial charge in [0.2, 0.25) is 0 Å². The molecule has 0 fully saturated rings. The van der Waals surface area contributed by atoms with E-state index in [1.165, 1.54) is 22.2 Å². The summed E-state index contributed by atoms with van der Waals surface area (Å²) in [4.78, 5) is 4.69. The molecule has 0 spiro atoms. The van der Waals surface area contributed by atoms with E-state index in [1.807, 2.05) is 0 Å². The zero-order valence-electron chi connectivity index (χ0n) is 28.5. The van der Waals surface area contributed by atoms with Crippen molar-refractivity contribution in [1.82, 2.24) is 0 Å². The molecule has 8 aromatic carbocycles. The van der Waals surface area contributed by atoms with Crippen LogP contribution >= 0.6 is 0 Å². The summed E-state index contributed by atoms with van der Waals surface area (Å²) in [5.41, 5.74) is 13.1. The van der Waals surface area contributed by atoms with Gasteiger partial charge in [0, 0.05) is 50.7 Å². The van der Waals surface area contributed by atoms with Crippen molar-refractivity contribution >= 4 is 89.9 Å². The van der Waals surface area contributed by atoms with Gasteiger partial charge in [0.1, 0.15) is 22.7 Å². The van der Waals surface area contributed by atoms with Crippen LogP contribution in [0.25, 0.3) is 32.7 Å². The fraction of sp³-hybridized carbons (Fsp3) is 0.0213. The van der Waals surface area contributed by atoms with Gasteiger partial charge in [-0.1, -0.05) is 103 Å². The molecule has 4 nitrogen and oxygen atoms in total. The van der Waals surface area contributed by atoms with E-state index in [1.54, 1.807) is 0 Å². The fourth-order valence-corrected chi connectivity index (χ4v) is 8.48. The molecule has 0 atom stereocenters. The molecule has 2 aliphatic heterocycles. The summed E-state index contributed by atoms with van der Waals surface area (Å²) in [6.07, 6.45) is 0. The fourth-order valence-electron chi connectivity index (χ4n) is 8.48. The quantitative estimate of drug-likeness (QED) is 0.175. The minimum absolute atomic E-state index is 0.00820. The highest BCUT2D eigenvalue weighted by atomic mass is 16.5. The van der Waals surface area contributed by atoms with Crippen LogP contribution in [-0.4, -0.2) is 6.71 Å². The van der Waals surface area contributed by atoms with Crippen LogP contribution in [0.3, 0.4) is 0 Å². The van der Waals surface area contributed by atoms with Crippen LogP contribution in [0.1, 0.15) is 5.56 Å². The first kappa shape index (κ1) is 29.1. The Labute approximate surface area is 301 Å². The Balaban J connectivity index is 1.15. The summed E-state index contributed by atoms with van der Waals surface area (Å²) in [7, 11) is 0. The highest BCUT2D eigenvalue weighted by Gasteiger charge is 2.42. The van der Waals surface area contributed by atoms with Gasteiger partial charge >= 0.3 is 0 Å². The topological polar surface area (TPSA) is 28.9 Å². The molecule has 0 bridgehead atoms. The van der Waals surface area contributed by atoms with E-state index < -0.39 is 0 Å². The van der Waals surface area contributed by atoms with Crippen molar-refractivity contribution in [1.29, 1.82) is 0 Å². The Hall–Kier alpha value is -6.72. The van der Waals surface area contributed by atoms with Crippen molar-refractivity contribution in [2.24, 2.45) is 0 Å². The second-order valence-electron chi connectivity index (χ2n) is 13.8. The molecular weight excluding hydrogens is 635 g/mol. The molecule has 0 N–H and O–H groups in total. The zero-order chi connectivity index (χ0) is 34.3. The maximum Gasteiger partial charge on any atom is 0.256 e. The lowest BCUT2D eigenvalue weighted by Gasteiger charge is -2.39. The van der Waals surface area contributed by atoms with Crippen LogP contribution in [0.4, 0.5) is 34.1 Å². The summed E-state index contributed by atoms with van der Waals surface area (Å²) in [5, 5.41) is 4.43. The predicted molar refractivity (Wildman–Crippen MR) is 217 cm³/mol. The number of aryl methyl sites for hydroxylation is 1. The van der Waals surface area contributed by atoms with Gasteiger partial charge in [-0.3, -0.25) is 0 Å². The Morgan fingerprint density at radius 1 is 0.519 bits per heavy atom. The number of hydrogen-bond acceptors (Lipinski definition) is 4. The number of ether oxygens (including phenoxy) is 1. The minimum Gasteiger partial charge on any atom is -0.458 e. The third-order valence-electron chi connectivity index (χ3n) is 10.7. The number of fused-ring (bicyclic) bond motifs is 9. The molecule has 0 radical (unpaired) electrons. The van der Waals surface area contributed by atoms with Gasteiger partial charge in [0.15, 0.2) is 0 Å². The van der Waals surface area contributed by atoms with Crippen LogP contribution in [0.5, 0.6) is 11.5 Å². The van der Waals surface area contributed by atoms with Gasteiger partial charge in [-0.15, -0.1) is 0 Å². The molecule has 0 amide bonds. The number of para-hydroxylation sites is 3. The second kappa shape index (κ2) is 11.1. The van der Waals surface area contributed by atoms with Crippen molar-refractivity contribution in [3.8, 4) is 11.5 Å². The molecule has 9 aromatic rings. The third-order valence-corrected chi connectivity index (χ3v) is 10.7. The molecule has 2 aliphatic rings. The minimum atomic E-state index is -0.00820. The van der Waals surface area contributed by atoms with E-state index in [4.69, 9.17) is 9.15 Å². The molecule has 11 rings (SSSR count). The van der Waals surface area contributed by atoms with Crippen molar-refractivity contribution in [3.63, 3.8) is 0 Å². The number of anilines is 6. The smallest absolute Gasteiger partial charge is 0.256 e. The molecule has 0 saturated carbocycles. The second-order valence-corrected chi connectivity index (χ2v) is 13.8. The van der Waals surface area contributed by atoms with Gasteiger partial charge in [-0.05, 0) is 95.4 Å². The number of furan rings is 1. The van der Waals surface area contributed by atoms with E-state index >= 15 is 0 Å². The maximum absolute atomic E-state index is 6.92. The van der Waals surface area contributed by atoms with Gasteiger partial charge < -0.3 is 19.0 Å². The Bertz CT molecular complexity index is 2850. The molecule has 5 heteroatoms. The summed E-state index contributed by atoms with van der Waals surface area (Å²) >= 11 is 0.